The highest BCUT2D eigenvalue weighted by Gasteiger charge is 2.53. The molecule has 1 fully saturated rings. The molecule has 1 saturated heterocycles. The fourth-order valence-corrected chi connectivity index (χ4v) is 6.02. The Balaban J connectivity index is 1.38. The van der Waals surface area contributed by atoms with Gasteiger partial charge in [0, 0.05) is 18.4 Å². The summed E-state index contributed by atoms with van der Waals surface area (Å²) in [5.41, 5.74) is 8.59. The third-order valence-electron chi connectivity index (χ3n) is 8.09. The number of methoxy groups -OCH3 is 2. The van der Waals surface area contributed by atoms with Crippen LogP contribution >= 0.6 is 0 Å². The molecule has 0 spiro atoms. The summed E-state index contributed by atoms with van der Waals surface area (Å²) in [5, 5.41) is 10.1. The quantitative estimate of drug-likeness (QED) is 0.256. The van der Waals surface area contributed by atoms with Crippen molar-refractivity contribution >= 4 is 12.1 Å². The maximum Gasteiger partial charge on any atom is 0.514 e. The monoisotopic (exact) mass is 607 g/mol. The number of hydrogen-bond acceptors (Lipinski definition) is 12. The van der Waals surface area contributed by atoms with Crippen molar-refractivity contribution in [2.45, 2.75) is 24.7 Å². The third-order valence-corrected chi connectivity index (χ3v) is 8.09. The number of carbonyl (C=O) groups excluding carboxylic acids is 2. The highest BCUT2D eigenvalue weighted by Crippen LogP contribution is 2.56. The summed E-state index contributed by atoms with van der Waals surface area (Å²) >= 11 is 0. The topological polar surface area (TPSA) is 154 Å². The van der Waals surface area contributed by atoms with Crippen LogP contribution in [0.3, 0.4) is 0 Å². The normalized spacial score (nSPS) is 22.0. The predicted octanol–water partition coefficient (Wildman–Crippen LogP) is 3.46. The van der Waals surface area contributed by atoms with Crippen LogP contribution in [0, 0.1) is 11.8 Å². The van der Waals surface area contributed by atoms with Crippen molar-refractivity contribution < 1.29 is 52.6 Å². The third kappa shape index (κ3) is 5.59. The lowest BCUT2D eigenvalue weighted by molar-refractivity contribution is -0.141. The van der Waals surface area contributed by atoms with Crippen LogP contribution < -0.4 is 29.4 Å². The summed E-state index contributed by atoms with van der Waals surface area (Å²) in [6.07, 6.45) is -2.39. The van der Waals surface area contributed by atoms with Crippen LogP contribution in [-0.2, 0) is 25.6 Å². The summed E-state index contributed by atoms with van der Waals surface area (Å²) in [5.74, 6) is -0.463. The van der Waals surface area contributed by atoms with Gasteiger partial charge < -0.3 is 48.7 Å². The first-order valence-corrected chi connectivity index (χ1v) is 14.2. The van der Waals surface area contributed by atoms with E-state index in [1.165, 1.54) is 14.2 Å². The van der Waals surface area contributed by atoms with Crippen LogP contribution in [0.2, 0.25) is 0 Å². The number of rotatable bonds is 10. The number of carbonyl (C=O) groups is 2. The molecule has 12 heteroatoms. The molecule has 1 aliphatic carbocycles. The van der Waals surface area contributed by atoms with Crippen LogP contribution in [0.5, 0.6) is 28.7 Å². The lowest BCUT2D eigenvalue weighted by Gasteiger charge is -2.39. The van der Waals surface area contributed by atoms with Gasteiger partial charge in [-0.2, -0.15) is 0 Å². The lowest BCUT2D eigenvalue weighted by atomic mass is 9.66. The van der Waals surface area contributed by atoms with Gasteiger partial charge in [-0.25, -0.2) is 4.79 Å². The van der Waals surface area contributed by atoms with E-state index in [0.717, 1.165) is 16.7 Å². The smallest absolute Gasteiger partial charge is 0.493 e. The zero-order valence-corrected chi connectivity index (χ0v) is 24.2. The van der Waals surface area contributed by atoms with Gasteiger partial charge in [0.2, 0.25) is 12.5 Å². The molecule has 2 heterocycles. The summed E-state index contributed by atoms with van der Waals surface area (Å²) in [6, 6.07) is 16.3. The molecule has 2 aliphatic heterocycles. The fraction of sp³-hybridized carbons (Fsp3) is 0.375. The Kier molecular flexibility index (Phi) is 8.47. The summed E-state index contributed by atoms with van der Waals surface area (Å²) in [4.78, 5) is 26.0. The minimum Gasteiger partial charge on any atom is -0.493 e. The molecule has 3 aromatic rings. The Morgan fingerprint density at radius 1 is 1.00 bits per heavy atom. The minimum absolute atomic E-state index is 0.0219. The standard InChI is InChI=1S/C32H33NO11/c1-37-25-8-18(9-26(38-2)30(25)44-32(36)41-13-17-6-4-3-5-7-17)27-20-10-23-24(43-16-42-23)11-21(20)29(39-14-19(34)12-33)22-15-40-31(35)28(22)27/h3-11,19,22,27-29,34H,12-16,33H2,1-2H3/t19?,22?,27-,28+,29-/m1/s1. The number of cyclic esters (lactones) is 1. The van der Waals surface area contributed by atoms with Crippen molar-refractivity contribution in [2.24, 2.45) is 17.6 Å². The SMILES string of the molecule is COc1cc([C@@H]2c3cc4c(cc3[C@@H](OCC(O)CN)C3COC(=O)[C@@H]32)OCO4)cc(OC)c1OC(=O)OCc1ccccc1. The van der Waals surface area contributed by atoms with Crippen molar-refractivity contribution in [3.05, 3.63) is 76.9 Å². The summed E-state index contributed by atoms with van der Waals surface area (Å²) in [6.45, 7) is 0.211. The zero-order valence-electron chi connectivity index (χ0n) is 24.2. The number of esters is 1. The van der Waals surface area contributed by atoms with Crippen molar-refractivity contribution in [1.29, 1.82) is 0 Å². The van der Waals surface area contributed by atoms with Gasteiger partial charge in [-0.05, 0) is 46.5 Å². The summed E-state index contributed by atoms with van der Waals surface area (Å²) < 4.78 is 45.3. The van der Waals surface area contributed by atoms with E-state index in [-0.39, 0.29) is 62.3 Å². The van der Waals surface area contributed by atoms with Gasteiger partial charge >= 0.3 is 12.1 Å². The van der Waals surface area contributed by atoms with Crippen LogP contribution in [-0.4, -0.2) is 64.1 Å². The maximum atomic E-state index is 13.3. The van der Waals surface area contributed by atoms with Crippen molar-refractivity contribution in [3.63, 3.8) is 0 Å². The van der Waals surface area contributed by atoms with Gasteiger partial charge in [0.25, 0.3) is 0 Å². The van der Waals surface area contributed by atoms with Gasteiger partial charge in [-0.3, -0.25) is 4.79 Å². The average molecular weight is 608 g/mol. The number of benzene rings is 3. The second-order valence-electron chi connectivity index (χ2n) is 10.7. The van der Waals surface area contributed by atoms with Crippen LogP contribution in [0.1, 0.15) is 34.3 Å². The van der Waals surface area contributed by atoms with E-state index in [2.05, 4.69) is 0 Å². The molecule has 0 bridgehead atoms. The van der Waals surface area contributed by atoms with Crippen molar-refractivity contribution in [2.75, 3.05) is 40.8 Å². The highest BCUT2D eigenvalue weighted by atomic mass is 16.7. The first-order valence-electron chi connectivity index (χ1n) is 14.2. The molecular formula is C32H33NO11. The van der Waals surface area contributed by atoms with Gasteiger partial charge in [-0.15, -0.1) is 0 Å². The predicted molar refractivity (Wildman–Crippen MR) is 153 cm³/mol. The number of aliphatic hydroxyl groups excluding tert-OH is 1. The summed E-state index contributed by atoms with van der Waals surface area (Å²) in [7, 11) is 2.87. The van der Waals surface area contributed by atoms with E-state index in [4.69, 9.17) is 43.6 Å². The molecule has 12 nitrogen and oxygen atoms in total. The lowest BCUT2D eigenvalue weighted by Crippen LogP contribution is -2.37. The average Bonchev–Trinajstić information content (AvgIpc) is 3.67. The van der Waals surface area contributed by atoms with Gasteiger partial charge in [0.1, 0.15) is 6.61 Å². The number of hydrogen-bond donors (Lipinski definition) is 2. The molecule has 6 rings (SSSR count). The molecule has 3 N–H and O–H groups in total. The van der Waals surface area contributed by atoms with Crippen molar-refractivity contribution in [1.82, 2.24) is 0 Å². The van der Waals surface area contributed by atoms with Gasteiger partial charge in [-0.1, -0.05) is 30.3 Å². The molecule has 44 heavy (non-hydrogen) atoms. The van der Waals surface area contributed by atoms with E-state index in [1.807, 2.05) is 42.5 Å². The molecule has 3 aromatic carbocycles. The molecular weight excluding hydrogens is 574 g/mol. The molecule has 0 radical (unpaired) electrons. The first-order chi connectivity index (χ1) is 21.4. The molecule has 0 aromatic heterocycles. The fourth-order valence-electron chi connectivity index (χ4n) is 6.02. The van der Waals surface area contributed by atoms with E-state index in [0.29, 0.717) is 17.1 Å². The van der Waals surface area contributed by atoms with Crippen LogP contribution in [0.4, 0.5) is 4.79 Å². The van der Waals surface area contributed by atoms with Gasteiger partial charge in [0.05, 0.1) is 45.6 Å². The minimum atomic E-state index is -0.937. The largest absolute Gasteiger partial charge is 0.514 e. The Labute approximate surface area is 253 Å². The van der Waals surface area contributed by atoms with Crippen molar-refractivity contribution in [3.8, 4) is 28.7 Å². The number of ether oxygens (including phenoxy) is 8. The highest BCUT2D eigenvalue weighted by molar-refractivity contribution is 5.79. The Hall–Kier alpha value is -4.52. The Bertz CT molecular complexity index is 1500. The first kappa shape index (κ1) is 29.5. The second kappa shape index (κ2) is 12.6. The Morgan fingerprint density at radius 2 is 1.68 bits per heavy atom. The molecule has 232 valence electrons. The van der Waals surface area contributed by atoms with E-state index < -0.39 is 30.2 Å². The molecule has 5 atom stereocenters. The molecule has 3 aliphatic rings. The van der Waals surface area contributed by atoms with E-state index >= 15 is 0 Å². The van der Waals surface area contributed by atoms with E-state index in [9.17, 15) is 14.7 Å². The van der Waals surface area contributed by atoms with Crippen LogP contribution in [0.15, 0.2) is 54.6 Å². The van der Waals surface area contributed by atoms with E-state index in [1.54, 1.807) is 12.1 Å². The second-order valence-corrected chi connectivity index (χ2v) is 10.7. The van der Waals surface area contributed by atoms with Gasteiger partial charge in [0.15, 0.2) is 23.0 Å². The van der Waals surface area contributed by atoms with Crippen LogP contribution in [0.25, 0.3) is 0 Å². The molecule has 0 amide bonds. The maximum absolute atomic E-state index is 13.3. The Morgan fingerprint density at radius 3 is 2.34 bits per heavy atom. The number of aliphatic hydroxyl groups is 1. The molecule has 0 saturated carbocycles. The number of fused-ring (bicyclic) bond motifs is 3. The molecule has 2 unspecified atom stereocenters. The zero-order chi connectivity index (χ0) is 30.8. The number of nitrogens with two attached hydrogens (primary N) is 1.